The third kappa shape index (κ3) is 3.62. The largest absolute Gasteiger partial charge is 0.349 e. The first kappa shape index (κ1) is 14.2. The fourth-order valence-corrected chi connectivity index (χ4v) is 2.08. The Hall–Kier alpha value is -2.26. The molecule has 0 saturated heterocycles. The molecule has 2 aromatic rings. The van der Waals surface area contributed by atoms with Crippen LogP contribution in [0.3, 0.4) is 0 Å². The Balaban J connectivity index is 1.87. The predicted octanol–water partition coefficient (Wildman–Crippen LogP) is -0.575. The SMILES string of the molecule is NS(=O)(=O)c1ccc(CCNC(=O)c2ncn[nH]2)cc1. The van der Waals surface area contributed by atoms with Crippen LogP contribution in [0.25, 0.3) is 0 Å². The van der Waals surface area contributed by atoms with Crippen LogP contribution >= 0.6 is 0 Å². The summed E-state index contributed by atoms with van der Waals surface area (Å²) >= 11 is 0. The minimum Gasteiger partial charge on any atom is -0.349 e. The maximum Gasteiger partial charge on any atom is 0.288 e. The van der Waals surface area contributed by atoms with Crippen LogP contribution in [0, 0.1) is 0 Å². The van der Waals surface area contributed by atoms with Gasteiger partial charge in [0.15, 0.2) is 0 Å². The highest BCUT2D eigenvalue weighted by atomic mass is 32.2. The molecule has 0 aliphatic heterocycles. The summed E-state index contributed by atoms with van der Waals surface area (Å²) in [5.74, 6) is -0.196. The first-order valence-electron chi connectivity index (χ1n) is 5.72. The Labute approximate surface area is 115 Å². The number of nitrogens with two attached hydrogens (primary N) is 1. The molecule has 0 saturated carbocycles. The van der Waals surface area contributed by atoms with Crippen molar-refractivity contribution in [1.82, 2.24) is 20.5 Å². The molecule has 20 heavy (non-hydrogen) atoms. The molecule has 0 fully saturated rings. The topological polar surface area (TPSA) is 131 Å². The quantitative estimate of drug-likeness (QED) is 0.679. The van der Waals surface area contributed by atoms with E-state index in [2.05, 4.69) is 20.5 Å². The van der Waals surface area contributed by atoms with E-state index in [1.54, 1.807) is 12.1 Å². The molecule has 0 atom stereocenters. The summed E-state index contributed by atoms with van der Waals surface area (Å²) in [5.41, 5.74) is 0.885. The Kier molecular flexibility index (Phi) is 4.11. The second-order valence-corrected chi connectivity index (χ2v) is 5.59. The highest BCUT2D eigenvalue weighted by Crippen LogP contribution is 2.08. The molecule has 0 bridgehead atoms. The number of primary sulfonamides is 1. The van der Waals surface area contributed by atoms with E-state index in [0.29, 0.717) is 13.0 Å². The zero-order chi connectivity index (χ0) is 14.6. The van der Waals surface area contributed by atoms with Gasteiger partial charge in [-0.3, -0.25) is 9.89 Å². The highest BCUT2D eigenvalue weighted by Gasteiger charge is 2.08. The molecule has 8 nitrogen and oxygen atoms in total. The number of nitrogens with one attached hydrogen (secondary N) is 2. The van der Waals surface area contributed by atoms with Gasteiger partial charge < -0.3 is 5.32 Å². The van der Waals surface area contributed by atoms with E-state index >= 15 is 0 Å². The highest BCUT2D eigenvalue weighted by molar-refractivity contribution is 7.89. The van der Waals surface area contributed by atoms with Crippen LogP contribution in [0.4, 0.5) is 0 Å². The van der Waals surface area contributed by atoms with Gasteiger partial charge in [-0.25, -0.2) is 18.5 Å². The maximum atomic E-state index is 11.5. The van der Waals surface area contributed by atoms with Crippen LogP contribution < -0.4 is 10.5 Å². The zero-order valence-corrected chi connectivity index (χ0v) is 11.2. The van der Waals surface area contributed by atoms with Gasteiger partial charge in [0.1, 0.15) is 6.33 Å². The first-order chi connectivity index (χ1) is 9.47. The molecular formula is C11H13N5O3S. The van der Waals surface area contributed by atoms with Gasteiger partial charge in [-0.15, -0.1) is 0 Å². The number of benzene rings is 1. The van der Waals surface area contributed by atoms with Gasteiger partial charge in [-0.05, 0) is 24.1 Å². The lowest BCUT2D eigenvalue weighted by atomic mass is 10.1. The first-order valence-corrected chi connectivity index (χ1v) is 7.27. The van der Waals surface area contributed by atoms with Crippen LogP contribution in [-0.2, 0) is 16.4 Å². The van der Waals surface area contributed by atoms with Gasteiger partial charge in [-0.1, -0.05) is 12.1 Å². The molecule has 4 N–H and O–H groups in total. The van der Waals surface area contributed by atoms with E-state index < -0.39 is 10.0 Å². The van der Waals surface area contributed by atoms with Crippen molar-refractivity contribution in [1.29, 1.82) is 0 Å². The Morgan fingerprint density at radius 2 is 2.00 bits per heavy atom. The van der Waals surface area contributed by atoms with Gasteiger partial charge >= 0.3 is 0 Å². The molecule has 1 amide bonds. The van der Waals surface area contributed by atoms with Gasteiger partial charge in [0.05, 0.1) is 4.90 Å². The number of sulfonamides is 1. The van der Waals surface area contributed by atoms with Crippen molar-refractivity contribution in [2.75, 3.05) is 6.54 Å². The van der Waals surface area contributed by atoms with Crippen molar-refractivity contribution in [3.63, 3.8) is 0 Å². The molecule has 0 aliphatic rings. The van der Waals surface area contributed by atoms with Crippen molar-refractivity contribution in [3.05, 3.63) is 42.0 Å². The zero-order valence-electron chi connectivity index (χ0n) is 10.4. The van der Waals surface area contributed by atoms with Crippen molar-refractivity contribution in [2.24, 2.45) is 5.14 Å². The van der Waals surface area contributed by atoms with Gasteiger partial charge in [0.25, 0.3) is 5.91 Å². The van der Waals surface area contributed by atoms with E-state index in [-0.39, 0.29) is 16.6 Å². The molecular weight excluding hydrogens is 282 g/mol. The van der Waals surface area contributed by atoms with E-state index in [1.165, 1.54) is 18.5 Å². The normalized spacial score (nSPS) is 11.2. The van der Waals surface area contributed by atoms with E-state index in [9.17, 15) is 13.2 Å². The summed E-state index contributed by atoms with van der Waals surface area (Å²) in [6.07, 6.45) is 1.81. The second-order valence-electron chi connectivity index (χ2n) is 4.03. The minimum atomic E-state index is -3.67. The summed E-state index contributed by atoms with van der Waals surface area (Å²) in [4.78, 5) is 15.3. The average molecular weight is 295 g/mol. The number of rotatable bonds is 5. The van der Waals surface area contributed by atoms with E-state index in [4.69, 9.17) is 5.14 Å². The summed E-state index contributed by atoms with van der Waals surface area (Å²) in [7, 11) is -3.67. The second kappa shape index (κ2) is 5.80. The average Bonchev–Trinajstić information content (AvgIpc) is 2.92. The molecule has 9 heteroatoms. The molecule has 0 spiro atoms. The maximum absolute atomic E-state index is 11.5. The summed E-state index contributed by atoms with van der Waals surface area (Å²) < 4.78 is 22.2. The van der Waals surface area contributed by atoms with E-state index in [1.807, 2.05) is 0 Å². The predicted molar refractivity (Wildman–Crippen MR) is 70.2 cm³/mol. The summed E-state index contributed by atoms with van der Waals surface area (Å²) in [5, 5.41) is 13.7. The van der Waals surface area contributed by atoms with Crippen LogP contribution in [-0.4, -0.2) is 36.1 Å². The lowest BCUT2D eigenvalue weighted by Gasteiger charge is -2.04. The number of hydrogen-bond donors (Lipinski definition) is 3. The number of carbonyl (C=O) groups excluding carboxylic acids is 1. The number of carbonyl (C=O) groups is 1. The van der Waals surface area contributed by atoms with Crippen LogP contribution in [0.1, 0.15) is 16.2 Å². The molecule has 2 rings (SSSR count). The Bertz CT molecular complexity index is 679. The summed E-state index contributed by atoms with van der Waals surface area (Å²) in [6, 6.07) is 6.17. The van der Waals surface area contributed by atoms with Crippen molar-refractivity contribution >= 4 is 15.9 Å². The number of aromatic amines is 1. The van der Waals surface area contributed by atoms with Gasteiger partial charge in [-0.2, -0.15) is 5.10 Å². The molecule has 0 unspecified atom stereocenters. The Morgan fingerprint density at radius 3 is 2.55 bits per heavy atom. The van der Waals surface area contributed by atoms with E-state index in [0.717, 1.165) is 5.56 Å². The summed E-state index contributed by atoms with van der Waals surface area (Å²) in [6.45, 7) is 0.397. The number of hydrogen-bond acceptors (Lipinski definition) is 5. The lowest BCUT2D eigenvalue weighted by molar-refractivity contribution is 0.0944. The third-order valence-corrected chi connectivity index (χ3v) is 3.51. The molecule has 1 aromatic carbocycles. The molecule has 1 heterocycles. The van der Waals surface area contributed by atoms with Gasteiger partial charge in [0.2, 0.25) is 15.8 Å². The number of nitrogens with zero attached hydrogens (tertiary/aromatic N) is 2. The van der Waals surface area contributed by atoms with Gasteiger partial charge in [0, 0.05) is 6.54 Å². The Morgan fingerprint density at radius 1 is 1.30 bits per heavy atom. The fraction of sp³-hybridized carbons (Fsp3) is 0.182. The number of H-pyrrole nitrogens is 1. The van der Waals surface area contributed by atoms with Crippen LogP contribution in [0.5, 0.6) is 0 Å². The smallest absolute Gasteiger partial charge is 0.288 e. The van der Waals surface area contributed by atoms with Crippen molar-refractivity contribution < 1.29 is 13.2 Å². The molecule has 1 aromatic heterocycles. The molecule has 106 valence electrons. The third-order valence-electron chi connectivity index (χ3n) is 2.58. The fourth-order valence-electron chi connectivity index (χ4n) is 1.56. The molecule has 0 radical (unpaired) electrons. The van der Waals surface area contributed by atoms with Crippen molar-refractivity contribution in [2.45, 2.75) is 11.3 Å². The minimum absolute atomic E-state index is 0.0620. The monoisotopic (exact) mass is 295 g/mol. The van der Waals surface area contributed by atoms with Crippen LogP contribution in [0.15, 0.2) is 35.5 Å². The lowest BCUT2D eigenvalue weighted by Crippen LogP contribution is -2.26. The standard InChI is InChI=1S/C11H13N5O3S/c12-20(18,19)9-3-1-8(2-4-9)5-6-13-11(17)10-14-7-15-16-10/h1-4,7H,5-6H2,(H,13,17)(H2,12,18,19)(H,14,15,16). The van der Waals surface area contributed by atoms with Crippen molar-refractivity contribution in [3.8, 4) is 0 Å². The number of aromatic nitrogens is 3. The number of amides is 1. The molecule has 0 aliphatic carbocycles. The van der Waals surface area contributed by atoms with Crippen LogP contribution in [0.2, 0.25) is 0 Å².